The summed E-state index contributed by atoms with van der Waals surface area (Å²) in [4.78, 5) is -0.782. The van der Waals surface area contributed by atoms with Gasteiger partial charge in [-0.1, -0.05) is 0 Å². The Balaban J connectivity index is 3.79. The monoisotopic (exact) mass is 188 g/mol. The lowest BCUT2D eigenvalue weighted by molar-refractivity contribution is 0.247. The maximum atomic E-state index is 9.95. The van der Waals surface area contributed by atoms with Crippen molar-refractivity contribution in [3.63, 3.8) is 0 Å². The van der Waals surface area contributed by atoms with Crippen molar-refractivity contribution in [2.75, 3.05) is 6.61 Å². The number of hydrogen-bond acceptors (Lipinski definition) is 3. The molecule has 0 unspecified atom stereocenters. The smallest absolute Gasteiger partial charge is 0.264 e. The first kappa shape index (κ1) is 10.2. The molecule has 10 heavy (non-hydrogen) atoms. The summed E-state index contributed by atoms with van der Waals surface area (Å²) in [5.74, 6) is 0. The normalized spacial score (nSPS) is 13.6. The summed E-state index contributed by atoms with van der Waals surface area (Å²) in [6.07, 6.45) is 0. The van der Waals surface area contributed by atoms with Gasteiger partial charge in [0.1, 0.15) is 0 Å². The molecule has 62 valence electrons. The lowest BCUT2D eigenvalue weighted by Gasteiger charge is -2.12. The molecule has 0 heterocycles. The highest BCUT2D eigenvalue weighted by Crippen LogP contribution is 2.13. The maximum absolute atomic E-state index is 9.95. The minimum absolute atomic E-state index is 0.243. The van der Waals surface area contributed by atoms with Crippen LogP contribution in [-0.4, -0.2) is 24.5 Å². The molecule has 0 aromatic rings. The van der Waals surface area contributed by atoms with E-state index in [0.717, 1.165) is 0 Å². The zero-order valence-corrected chi connectivity index (χ0v) is 7.24. The molecule has 0 amide bonds. The van der Waals surface area contributed by atoms with Gasteiger partial charge in [0.25, 0.3) is 0 Å². The van der Waals surface area contributed by atoms with Crippen LogP contribution in [0.4, 0.5) is 0 Å². The zero-order chi connectivity index (χ0) is 8.41. The Hall–Kier alpha value is 0.160. The highest BCUT2D eigenvalue weighted by Gasteiger charge is 2.17. The molecule has 1 N–H and O–H groups in total. The summed E-state index contributed by atoms with van der Waals surface area (Å²) in [6.45, 7) is 2.90. The molecule has 0 aromatic carbocycles. The van der Waals surface area contributed by atoms with Crippen LogP contribution >= 0.6 is 11.6 Å². The molecular weight excluding hydrogens is 180 g/mol. The predicted octanol–water partition coefficient (Wildman–Crippen LogP) is 0.823. The summed E-state index contributed by atoms with van der Waals surface area (Å²) in [5, 5.41) is 0. The van der Waals surface area contributed by atoms with Crippen molar-refractivity contribution in [3.8, 4) is 0 Å². The molecule has 0 radical (unpaired) electrons. The van der Waals surface area contributed by atoms with E-state index >= 15 is 0 Å². The van der Waals surface area contributed by atoms with Gasteiger partial charge in [-0.25, -0.2) is 4.18 Å². The number of halogens is 1. The molecule has 0 saturated heterocycles. The summed E-state index contributed by atoms with van der Waals surface area (Å²) in [6, 6.07) is 0. The minimum atomic E-state index is -4.34. The fourth-order valence-corrected chi connectivity index (χ4v) is 0.777. The van der Waals surface area contributed by atoms with E-state index in [0.29, 0.717) is 0 Å². The summed E-state index contributed by atoms with van der Waals surface area (Å²) >= 11 is 5.54. The highest BCUT2D eigenvalue weighted by molar-refractivity contribution is 7.80. The van der Waals surface area contributed by atoms with E-state index in [9.17, 15) is 8.42 Å². The van der Waals surface area contributed by atoms with Crippen LogP contribution in [0.25, 0.3) is 0 Å². The van der Waals surface area contributed by atoms with Crippen molar-refractivity contribution in [2.24, 2.45) is 0 Å². The largest absolute Gasteiger partial charge is 0.397 e. The topological polar surface area (TPSA) is 63.6 Å². The Bertz CT molecular complexity index is 190. The number of hydrogen-bond donors (Lipinski definition) is 1. The second kappa shape index (κ2) is 3.04. The fourth-order valence-electron chi connectivity index (χ4n) is 0.215. The molecule has 0 aromatic heterocycles. The van der Waals surface area contributed by atoms with Crippen molar-refractivity contribution in [1.29, 1.82) is 0 Å². The molecule has 0 aliphatic heterocycles. The maximum Gasteiger partial charge on any atom is 0.397 e. The number of alkyl halides is 1. The first-order chi connectivity index (χ1) is 4.21. The Kier molecular flexibility index (Phi) is 3.09. The van der Waals surface area contributed by atoms with Gasteiger partial charge in [-0.2, -0.15) is 8.42 Å². The van der Waals surface area contributed by atoms with Crippen molar-refractivity contribution in [2.45, 2.75) is 18.7 Å². The molecule has 0 aliphatic carbocycles. The molecule has 0 saturated carbocycles. The van der Waals surface area contributed by atoms with Crippen LogP contribution in [-0.2, 0) is 14.6 Å². The van der Waals surface area contributed by atoms with Crippen molar-refractivity contribution in [3.05, 3.63) is 0 Å². The molecule has 6 heteroatoms. The van der Waals surface area contributed by atoms with Crippen molar-refractivity contribution in [1.82, 2.24) is 0 Å². The molecule has 0 rings (SSSR count). The van der Waals surface area contributed by atoms with E-state index in [-0.39, 0.29) is 6.61 Å². The Morgan fingerprint density at radius 1 is 1.60 bits per heavy atom. The van der Waals surface area contributed by atoms with Gasteiger partial charge >= 0.3 is 10.4 Å². The van der Waals surface area contributed by atoms with E-state index in [1.54, 1.807) is 13.8 Å². The molecule has 0 spiro atoms. The Morgan fingerprint density at radius 2 is 2.00 bits per heavy atom. The third kappa shape index (κ3) is 8.16. The van der Waals surface area contributed by atoms with E-state index in [2.05, 4.69) is 4.18 Å². The SMILES string of the molecule is CC(C)(Cl)COS(=O)(=O)O. The Morgan fingerprint density at radius 3 is 2.10 bits per heavy atom. The van der Waals surface area contributed by atoms with E-state index in [4.69, 9.17) is 16.2 Å². The van der Waals surface area contributed by atoms with Gasteiger partial charge in [-0.15, -0.1) is 11.6 Å². The average Bonchev–Trinajstić information content (AvgIpc) is 1.57. The van der Waals surface area contributed by atoms with Gasteiger partial charge < -0.3 is 0 Å². The van der Waals surface area contributed by atoms with Crippen molar-refractivity contribution < 1.29 is 17.2 Å². The summed E-state index contributed by atoms with van der Waals surface area (Å²) in [7, 11) is -4.34. The van der Waals surface area contributed by atoms with E-state index in [1.165, 1.54) is 0 Å². The predicted molar refractivity (Wildman–Crippen MR) is 37.4 cm³/mol. The van der Waals surface area contributed by atoms with Crippen LogP contribution in [0, 0.1) is 0 Å². The highest BCUT2D eigenvalue weighted by atomic mass is 35.5. The van der Waals surface area contributed by atoms with Crippen molar-refractivity contribution >= 4 is 22.0 Å². The fraction of sp³-hybridized carbons (Fsp3) is 1.00. The van der Waals surface area contributed by atoms with Gasteiger partial charge in [0.05, 0.1) is 11.5 Å². The van der Waals surface area contributed by atoms with Crippen LogP contribution < -0.4 is 0 Å². The molecule has 0 aliphatic rings. The third-order valence-corrected chi connectivity index (χ3v) is 1.08. The van der Waals surface area contributed by atoms with Crippen LogP contribution in [0.1, 0.15) is 13.8 Å². The van der Waals surface area contributed by atoms with Crippen LogP contribution in [0.5, 0.6) is 0 Å². The third-order valence-electron chi connectivity index (χ3n) is 0.551. The van der Waals surface area contributed by atoms with Gasteiger partial charge in [0, 0.05) is 0 Å². The van der Waals surface area contributed by atoms with Gasteiger partial charge in [-0.05, 0) is 13.8 Å². The van der Waals surface area contributed by atoms with E-state index in [1.807, 2.05) is 0 Å². The second-order valence-corrected chi connectivity index (χ2v) is 4.52. The van der Waals surface area contributed by atoms with E-state index < -0.39 is 15.3 Å². The number of rotatable bonds is 3. The second-order valence-electron chi connectivity index (χ2n) is 2.41. The Labute approximate surface area is 65.1 Å². The van der Waals surface area contributed by atoms with Gasteiger partial charge in [0.15, 0.2) is 0 Å². The molecule has 0 bridgehead atoms. The first-order valence-electron chi connectivity index (χ1n) is 2.51. The quantitative estimate of drug-likeness (QED) is 0.526. The lowest BCUT2D eigenvalue weighted by Crippen LogP contribution is -2.21. The zero-order valence-electron chi connectivity index (χ0n) is 5.67. The first-order valence-corrected chi connectivity index (χ1v) is 4.26. The summed E-state index contributed by atoms with van der Waals surface area (Å²) in [5.41, 5.74) is 0. The molecular formula is C4H9ClO4S. The van der Waals surface area contributed by atoms with Crippen LogP contribution in [0.2, 0.25) is 0 Å². The molecule has 0 fully saturated rings. The molecule has 0 atom stereocenters. The van der Waals surface area contributed by atoms with Gasteiger partial charge in [-0.3, -0.25) is 4.55 Å². The summed E-state index contributed by atoms with van der Waals surface area (Å²) < 4.78 is 32.0. The van der Waals surface area contributed by atoms with Crippen LogP contribution in [0.15, 0.2) is 0 Å². The minimum Gasteiger partial charge on any atom is -0.264 e. The van der Waals surface area contributed by atoms with Crippen LogP contribution in [0.3, 0.4) is 0 Å². The lowest BCUT2D eigenvalue weighted by atomic mass is 10.2. The molecule has 4 nitrogen and oxygen atoms in total. The average molecular weight is 189 g/mol. The standard InChI is InChI=1S/C4H9ClO4S/c1-4(2,5)3-9-10(6,7)8/h3H2,1-2H3,(H,6,7,8). The van der Waals surface area contributed by atoms with Gasteiger partial charge in [0.2, 0.25) is 0 Å².